The number of benzene rings is 1. The summed E-state index contributed by atoms with van der Waals surface area (Å²) in [6.07, 6.45) is 6.93. The van der Waals surface area contributed by atoms with Crippen molar-refractivity contribution in [1.29, 1.82) is 0 Å². The Morgan fingerprint density at radius 3 is 2.19 bits per heavy atom. The van der Waals surface area contributed by atoms with E-state index < -0.39 is 0 Å². The van der Waals surface area contributed by atoms with E-state index >= 15 is 0 Å². The number of hydrogen-bond donors (Lipinski definition) is 0. The standard InChI is InChI=1S/C15H17N/c1-12-4-9-15(12)13-5-7-14(8-6-13)16-10-2-3-11-16/h2-3,5-8,10-12,15H,4,9H2,1H3/t12-,15-/m0/s1. The minimum Gasteiger partial charge on any atom is -0.324 e. The molecule has 0 spiro atoms. The molecule has 82 valence electrons. The molecule has 0 amide bonds. The van der Waals surface area contributed by atoms with Crippen molar-refractivity contribution in [2.75, 3.05) is 0 Å². The molecule has 1 heteroatoms. The van der Waals surface area contributed by atoms with Gasteiger partial charge in [0.25, 0.3) is 0 Å². The fourth-order valence-corrected chi connectivity index (χ4v) is 2.56. The molecule has 1 aliphatic carbocycles. The second-order valence-corrected chi connectivity index (χ2v) is 4.84. The van der Waals surface area contributed by atoms with Crippen LogP contribution in [0.15, 0.2) is 48.8 Å². The molecule has 0 saturated heterocycles. The van der Waals surface area contributed by atoms with Gasteiger partial charge in [0.2, 0.25) is 0 Å². The number of rotatable bonds is 2. The van der Waals surface area contributed by atoms with Crippen molar-refractivity contribution in [1.82, 2.24) is 4.57 Å². The largest absolute Gasteiger partial charge is 0.324 e. The lowest BCUT2D eigenvalue weighted by atomic mass is 9.71. The topological polar surface area (TPSA) is 4.93 Å². The first-order valence-electron chi connectivity index (χ1n) is 6.08. The Labute approximate surface area is 96.7 Å². The van der Waals surface area contributed by atoms with Gasteiger partial charge in [0, 0.05) is 18.1 Å². The zero-order valence-electron chi connectivity index (χ0n) is 9.63. The highest BCUT2D eigenvalue weighted by Crippen LogP contribution is 2.41. The molecule has 1 aliphatic rings. The van der Waals surface area contributed by atoms with Gasteiger partial charge in [-0.05, 0) is 54.5 Å². The number of aromatic nitrogens is 1. The van der Waals surface area contributed by atoms with Crippen LogP contribution in [0.25, 0.3) is 5.69 Å². The Kier molecular flexibility index (Phi) is 2.32. The third-order valence-corrected chi connectivity index (χ3v) is 3.84. The van der Waals surface area contributed by atoms with Gasteiger partial charge in [-0.3, -0.25) is 0 Å². The van der Waals surface area contributed by atoms with E-state index in [0.717, 1.165) is 11.8 Å². The maximum atomic E-state index is 2.36. The third kappa shape index (κ3) is 1.57. The number of nitrogens with zero attached hydrogens (tertiary/aromatic N) is 1. The van der Waals surface area contributed by atoms with E-state index in [-0.39, 0.29) is 0 Å². The second kappa shape index (κ2) is 3.82. The molecule has 0 N–H and O–H groups in total. The Balaban J connectivity index is 1.85. The summed E-state index contributed by atoms with van der Waals surface area (Å²) in [7, 11) is 0. The van der Waals surface area contributed by atoms with E-state index in [1.165, 1.54) is 24.1 Å². The predicted octanol–water partition coefficient (Wildman–Crippen LogP) is 3.99. The first-order chi connectivity index (χ1) is 7.84. The Morgan fingerprint density at radius 1 is 1.00 bits per heavy atom. The summed E-state index contributed by atoms with van der Waals surface area (Å²) < 4.78 is 2.15. The van der Waals surface area contributed by atoms with Gasteiger partial charge >= 0.3 is 0 Å². The van der Waals surface area contributed by atoms with Gasteiger partial charge in [-0.1, -0.05) is 19.1 Å². The predicted molar refractivity (Wildman–Crippen MR) is 66.9 cm³/mol. The first-order valence-corrected chi connectivity index (χ1v) is 6.08. The molecule has 0 unspecified atom stereocenters. The lowest BCUT2D eigenvalue weighted by Gasteiger charge is -2.34. The molecule has 0 radical (unpaired) electrons. The van der Waals surface area contributed by atoms with Gasteiger partial charge in [0.05, 0.1) is 0 Å². The Hall–Kier alpha value is -1.50. The molecule has 2 atom stereocenters. The molecule has 1 aromatic carbocycles. The van der Waals surface area contributed by atoms with Crippen LogP contribution in [0.5, 0.6) is 0 Å². The average Bonchev–Trinajstić information content (AvgIpc) is 2.82. The molecule has 1 fully saturated rings. The molecular formula is C15H17N. The normalized spacial score (nSPS) is 24.1. The van der Waals surface area contributed by atoms with Crippen molar-refractivity contribution in [2.45, 2.75) is 25.7 Å². The first kappa shape index (κ1) is 9.71. The highest BCUT2D eigenvalue weighted by molar-refractivity contribution is 5.37. The van der Waals surface area contributed by atoms with Gasteiger partial charge in [0.15, 0.2) is 0 Å². The quantitative estimate of drug-likeness (QED) is 0.707. The summed E-state index contributed by atoms with van der Waals surface area (Å²) >= 11 is 0. The highest BCUT2D eigenvalue weighted by atomic mass is 14.9. The van der Waals surface area contributed by atoms with Crippen LogP contribution < -0.4 is 0 Å². The zero-order chi connectivity index (χ0) is 11.0. The van der Waals surface area contributed by atoms with E-state index in [2.05, 4.69) is 60.3 Å². The SMILES string of the molecule is C[C@H]1CC[C@@H]1c1ccc(-n2cccc2)cc1. The molecule has 2 aromatic rings. The molecule has 16 heavy (non-hydrogen) atoms. The fourth-order valence-electron chi connectivity index (χ4n) is 2.56. The molecule has 1 saturated carbocycles. The summed E-state index contributed by atoms with van der Waals surface area (Å²) in [5, 5.41) is 0. The summed E-state index contributed by atoms with van der Waals surface area (Å²) in [4.78, 5) is 0. The lowest BCUT2D eigenvalue weighted by Crippen LogP contribution is -2.20. The van der Waals surface area contributed by atoms with E-state index in [0.29, 0.717) is 0 Å². The maximum Gasteiger partial charge on any atom is 0.0449 e. The summed E-state index contributed by atoms with van der Waals surface area (Å²) in [5.74, 6) is 1.68. The Morgan fingerprint density at radius 2 is 1.69 bits per heavy atom. The van der Waals surface area contributed by atoms with Gasteiger partial charge in [0.1, 0.15) is 0 Å². The fraction of sp³-hybridized carbons (Fsp3) is 0.333. The molecule has 0 bridgehead atoms. The van der Waals surface area contributed by atoms with Crippen LogP contribution in [0.1, 0.15) is 31.2 Å². The maximum absolute atomic E-state index is 2.36. The zero-order valence-corrected chi connectivity index (χ0v) is 9.63. The smallest absolute Gasteiger partial charge is 0.0449 e. The number of hydrogen-bond acceptors (Lipinski definition) is 0. The van der Waals surface area contributed by atoms with Crippen molar-refractivity contribution in [2.24, 2.45) is 5.92 Å². The molecule has 1 heterocycles. The van der Waals surface area contributed by atoms with E-state index in [1.54, 1.807) is 0 Å². The van der Waals surface area contributed by atoms with Crippen LogP contribution in [0, 0.1) is 5.92 Å². The van der Waals surface area contributed by atoms with Crippen LogP contribution in [0.3, 0.4) is 0 Å². The molecule has 1 nitrogen and oxygen atoms in total. The van der Waals surface area contributed by atoms with Crippen molar-refractivity contribution >= 4 is 0 Å². The van der Waals surface area contributed by atoms with Crippen molar-refractivity contribution < 1.29 is 0 Å². The minimum absolute atomic E-state index is 0.804. The van der Waals surface area contributed by atoms with Crippen LogP contribution in [0.4, 0.5) is 0 Å². The van der Waals surface area contributed by atoms with E-state index in [1.807, 2.05) is 0 Å². The van der Waals surface area contributed by atoms with Gasteiger partial charge in [-0.25, -0.2) is 0 Å². The Bertz CT molecular complexity index is 453. The molecule has 0 aliphatic heterocycles. The van der Waals surface area contributed by atoms with Gasteiger partial charge in [-0.15, -0.1) is 0 Å². The summed E-state index contributed by atoms with van der Waals surface area (Å²) in [6.45, 7) is 2.36. The minimum atomic E-state index is 0.804. The van der Waals surface area contributed by atoms with Crippen molar-refractivity contribution in [3.8, 4) is 5.69 Å². The third-order valence-electron chi connectivity index (χ3n) is 3.84. The molecule has 1 aromatic heterocycles. The summed E-state index contributed by atoms with van der Waals surface area (Å²) in [5.41, 5.74) is 2.76. The van der Waals surface area contributed by atoms with Crippen LogP contribution >= 0.6 is 0 Å². The van der Waals surface area contributed by atoms with Gasteiger partial charge < -0.3 is 4.57 Å². The molecular weight excluding hydrogens is 194 g/mol. The second-order valence-electron chi connectivity index (χ2n) is 4.84. The van der Waals surface area contributed by atoms with Crippen molar-refractivity contribution in [3.05, 3.63) is 54.4 Å². The summed E-state index contributed by atoms with van der Waals surface area (Å²) in [6, 6.07) is 13.1. The van der Waals surface area contributed by atoms with Crippen LogP contribution in [-0.2, 0) is 0 Å². The van der Waals surface area contributed by atoms with E-state index in [4.69, 9.17) is 0 Å². The van der Waals surface area contributed by atoms with Crippen molar-refractivity contribution in [3.63, 3.8) is 0 Å². The molecule has 3 rings (SSSR count). The monoisotopic (exact) mass is 211 g/mol. The van der Waals surface area contributed by atoms with Crippen LogP contribution in [-0.4, -0.2) is 4.57 Å². The van der Waals surface area contributed by atoms with Gasteiger partial charge in [-0.2, -0.15) is 0 Å². The van der Waals surface area contributed by atoms with E-state index in [9.17, 15) is 0 Å². The lowest BCUT2D eigenvalue weighted by molar-refractivity contribution is 0.280. The average molecular weight is 211 g/mol. The highest BCUT2D eigenvalue weighted by Gasteiger charge is 2.27. The van der Waals surface area contributed by atoms with Crippen LogP contribution in [0.2, 0.25) is 0 Å².